The van der Waals surface area contributed by atoms with Crippen LogP contribution in [0.5, 0.6) is 5.88 Å². The van der Waals surface area contributed by atoms with Crippen LogP contribution in [-0.4, -0.2) is 18.6 Å². The Kier molecular flexibility index (Phi) is 3.43. The van der Waals surface area contributed by atoms with Crippen molar-refractivity contribution in [1.82, 2.24) is 4.98 Å². The van der Waals surface area contributed by atoms with Crippen LogP contribution in [0.2, 0.25) is 0 Å². The molecule has 0 saturated carbocycles. The van der Waals surface area contributed by atoms with E-state index in [9.17, 15) is 0 Å². The van der Waals surface area contributed by atoms with E-state index < -0.39 is 0 Å². The Labute approximate surface area is 94.3 Å². The summed E-state index contributed by atoms with van der Waals surface area (Å²) in [5, 5.41) is 3.28. The fraction of sp³-hybridized carbons (Fsp3) is 0.250. The quantitative estimate of drug-likeness (QED) is 0.836. The largest absolute Gasteiger partial charge is 0.481 e. The second-order valence-corrected chi connectivity index (χ2v) is 3.34. The van der Waals surface area contributed by atoms with E-state index in [0.29, 0.717) is 5.88 Å². The van der Waals surface area contributed by atoms with Gasteiger partial charge in [-0.2, -0.15) is 0 Å². The third-order valence-corrected chi connectivity index (χ3v) is 2.22. The minimum absolute atomic E-state index is 0.614. The van der Waals surface area contributed by atoms with Gasteiger partial charge in [0.1, 0.15) is 5.76 Å². The molecule has 2 aromatic heterocycles. The number of anilines is 1. The van der Waals surface area contributed by atoms with Crippen LogP contribution in [0.15, 0.2) is 41.1 Å². The van der Waals surface area contributed by atoms with E-state index in [2.05, 4.69) is 10.3 Å². The van der Waals surface area contributed by atoms with Crippen molar-refractivity contribution in [1.29, 1.82) is 0 Å². The Balaban J connectivity index is 1.85. The van der Waals surface area contributed by atoms with Crippen LogP contribution < -0.4 is 10.1 Å². The summed E-state index contributed by atoms with van der Waals surface area (Å²) < 4.78 is 10.3. The third-order valence-electron chi connectivity index (χ3n) is 2.22. The predicted octanol–water partition coefficient (Wildman–Crippen LogP) is 2.34. The van der Waals surface area contributed by atoms with E-state index in [1.54, 1.807) is 19.6 Å². The van der Waals surface area contributed by atoms with Crippen LogP contribution in [0.25, 0.3) is 0 Å². The van der Waals surface area contributed by atoms with E-state index >= 15 is 0 Å². The minimum Gasteiger partial charge on any atom is -0.481 e. The Hall–Kier alpha value is -1.97. The summed E-state index contributed by atoms with van der Waals surface area (Å²) in [6.07, 6.45) is 4.26. The second-order valence-electron chi connectivity index (χ2n) is 3.34. The molecule has 0 aliphatic heterocycles. The van der Waals surface area contributed by atoms with Gasteiger partial charge in [0.05, 0.1) is 13.4 Å². The highest BCUT2D eigenvalue weighted by Crippen LogP contribution is 2.13. The average molecular weight is 218 g/mol. The van der Waals surface area contributed by atoms with Gasteiger partial charge in [-0.1, -0.05) is 0 Å². The van der Waals surface area contributed by atoms with Gasteiger partial charge in [0.2, 0.25) is 5.88 Å². The van der Waals surface area contributed by atoms with Gasteiger partial charge in [-0.3, -0.25) is 0 Å². The number of ether oxygens (including phenoxy) is 1. The number of nitrogens with one attached hydrogen (secondary N) is 1. The molecular formula is C12H14N2O2. The fourth-order valence-corrected chi connectivity index (χ4v) is 1.42. The van der Waals surface area contributed by atoms with Crippen molar-refractivity contribution >= 4 is 5.69 Å². The van der Waals surface area contributed by atoms with Crippen LogP contribution in [0.4, 0.5) is 5.69 Å². The first kappa shape index (κ1) is 10.5. The topological polar surface area (TPSA) is 47.3 Å². The van der Waals surface area contributed by atoms with E-state index in [-0.39, 0.29) is 0 Å². The van der Waals surface area contributed by atoms with Crippen molar-refractivity contribution in [3.8, 4) is 5.88 Å². The van der Waals surface area contributed by atoms with Gasteiger partial charge in [-0.25, -0.2) is 4.98 Å². The van der Waals surface area contributed by atoms with Crippen LogP contribution in [0.3, 0.4) is 0 Å². The maximum absolute atomic E-state index is 5.24. The Morgan fingerprint density at radius 1 is 1.44 bits per heavy atom. The molecule has 0 aromatic carbocycles. The fourth-order valence-electron chi connectivity index (χ4n) is 1.42. The second kappa shape index (κ2) is 5.21. The van der Waals surface area contributed by atoms with Gasteiger partial charge in [0.15, 0.2) is 0 Å². The molecule has 4 nitrogen and oxygen atoms in total. The van der Waals surface area contributed by atoms with Crippen LogP contribution in [0.1, 0.15) is 5.76 Å². The molecule has 2 rings (SSSR count). The molecule has 0 atom stereocenters. The lowest BCUT2D eigenvalue weighted by molar-refractivity contribution is 0.398. The molecule has 0 spiro atoms. The molecule has 0 aliphatic rings. The van der Waals surface area contributed by atoms with E-state index in [0.717, 1.165) is 24.4 Å². The molecule has 2 aromatic rings. The number of aromatic nitrogens is 1. The minimum atomic E-state index is 0.614. The van der Waals surface area contributed by atoms with Crippen molar-refractivity contribution in [2.24, 2.45) is 0 Å². The Morgan fingerprint density at radius 3 is 3.12 bits per heavy atom. The molecular weight excluding hydrogens is 204 g/mol. The number of hydrogen-bond donors (Lipinski definition) is 1. The molecule has 0 bridgehead atoms. The molecule has 2 heterocycles. The molecule has 0 aliphatic carbocycles. The van der Waals surface area contributed by atoms with Crippen molar-refractivity contribution in [2.45, 2.75) is 6.42 Å². The van der Waals surface area contributed by atoms with Gasteiger partial charge in [0, 0.05) is 30.9 Å². The highest BCUT2D eigenvalue weighted by Gasteiger charge is 1.98. The lowest BCUT2D eigenvalue weighted by Gasteiger charge is -2.06. The number of pyridine rings is 1. The molecule has 0 fully saturated rings. The molecule has 0 amide bonds. The van der Waals surface area contributed by atoms with Crippen molar-refractivity contribution in [3.05, 3.63) is 42.5 Å². The zero-order valence-electron chi connectivity index (χ0n) is 9.14. The van der Waals surface area contributed by atoms with Gasteiger partial charge < -0.3 is 14.5 Å². The van der Waals surface area contributed by atoms with E-state index in [1.165, 1.54) is 0 Å². The van der Waals surface area contributed by atoms with Crippen molar-refractivity contribution in [3.63, 3.8) is 0 Å². The molecule has 84 valence electrons. The van der Waals surface area contributed by atoms with Crippen LogP contribution >= 0.6 is 0 Å². The maximum Gasteiger partial charge on any atom is 0.214 e. The SMILES string of the molecule is COc1cc(NCCc2ccco2)ccn1. The molecule has 16 heavy (non-hydrogen) atoms. The van der Waals surface area contributed by atoms with Gasteiger partial charge in [-0.15, -0.1) is 0 Å². The summed E-state index contributed by atoms with van der Waals surface area (Å²) in [5.41, 5.74) is 0.999. The first-order valence-corrected chi connectivity index (χ1v) is 5.15. The summed E-state index contributed by atoms with van der Waals surface area (Å²) in [7, 11) is 1.61. The molecule has 4 heteroatoms. The number of nitrogens with zero attached hydrogens (tertiary/aromatic N) is 1. The van der Waals surface area contributed by atoms with Gasteiger partial charge in [0.25, 0.3) is 0 Å². The first-order chi connectivity index (χ1) is 7.88. The molecule has 0 radical (unpaired) electrons. The Morgan fingerprint density at radius 2 is 2.38 bits per heavy atom. The van der Waals surface area contributed by atoms with E-state index in [4.69, 9.17) is 9.15 Å². The van der Waals surface area contributed by atoms with Crippen LogP contribution in [0, 0.1) is 0 Å². The number of methoxy groups -OCH3 is 1. The smallest absolute Gasteiger partial charge is 0.214 e. The lowest BCUT2D eigenvalue weighted by Crippen LogP contribution is -2.04. The summed E-state index contributed by atoms with van der Waals surface area (Å²) in [5.74, 6) is 1.59. The molecule has 0 unspecified atom stereocenters. The normalized spacial score (nSPS) is 10.1. The summed E-state index contributed by atoms with van der Waals surface area (Å²) in [4.78, 5) is 4.04. The number of hydrogen-bond acceptors (Lipinski definition) is 4. The van der Waals surface area contributed by atoms with Crippen LogP contribution in [-0.2, 0) is 6.42 Å². The highest BCUT2D eigenvalue weighted by molar-refractivity contribution is 5.44. The highest BCUT2D eigenvalue weighted by atomic mass is 16.5. The zero-order valence-corrected chi connectivity index (χ0v) is 9.14. The van der Waals surface area contributed by atoms with E-state index in [1.807, 2.05) is 24.3 Å². The summed E-state index contributed by atoms with van der Waals surface area (Å²) in [6, 6.07) is 7.63. The van der Waals surface area contributed by atoms with Crippen molar-refractivity contribution < 1.29 is 9.15 Å². The van der Waals surface area contributed by atoms with Crippen molar-refractivity contribution in [2.75, 3.05) is 19.0 Å². The zero-order chi connectivity index (χ0) is 11.2. The van der Waals surface area contributed by atoms with Gasteiger partial charge in [-0.05, 0) is 18.2 Å². The monoisotopic (exact) mass is 218 g/mol. The Bertz CT molecular complexity index is 426. The lowest BCUT2D eigenvalue weighted by atomic mass is 10.3. The standard InChI is InChI=1S/C12H14N2O2/c1-15-12-9-10(4-6-14-12)13-7-5-11-3-2-8-16-11/h2-4,6,8-9H,5,7H2,1H3,(H,13,14). The average Bonchev–Trinajstić information content (AvgIpc) is 2.82. The predicted molar refractivity (Wildman–Crippen MR) is 61.7 cm³/mol. The number of furan rings is 1. The maximum atomic E-state index is 5.24. The number of rotatable bonds is 5. The van der Waals surface area contributed by atoms with Gasteiger partial charge >= 0.3 is 0 Å². The third kappa shape index (κ3) is 2.76. The first-order valence-electron chi connectivity index (χ1n) is 5.15. The molecule has 1 N–H and O–H groups in total. The molecule has 0 saturated heterocycles. The summed E-state index contributed by atoms with van der Waals surface area (Å²) in [6.45, 7) is 0.820. The summed E-state index contributed by atoms with van der Waals surface area (Å²) >= 11 is 0.